The third kappa shape index (κ3) is 1.85. The van der Waals surface area contributed by atoms with Gasteiger partial charge in [0.2, 0.25) is 0 Å². The Kier molecular flexibility index (Phi) is 2.76. The van der Waals surface area contributed by atoms with Gasteiger partial charge in [0.05, 0.1) is 6.20 Å². The zero-order valence-electron chi connectivity index (χ0n) is 9.07. The van der Waals surface area contributed by atoms with Crippen LogP contribution in [0.2, 0.25) is 0 Å². The summed E-state index contributed by atoms with van der Waals surface area (Å²) >= 11 is 0. The van der Waals surface area contributed by atoms with Gasteiger partial charge in [0.15, 0.2) is 5.82 Å². The number of terminal acetylenes is 1. The summed E-state index contributed by atoms with van der Waals surface area (Å²) in [5.41, 5.74) is 1.07. The third-order valence-corrected chi connectivity index (χ3v) is 1.93. The first-order valence-electron chi connectivity index (χ1n) is 4.54. The van der Waals surface area contributed by atoms with E-state index in [9.17, 15) is 0 Å². The smallest absolute Gasteiger partial charge is 0.168 e. The van der Waals surface area contributed by atoms with Gasteiger partial charge in [0, 0.05) is 17.8 Å². The van der Waals surface area contributed by atoms with Crippen molar-refractivity contribution in [2.45, 2.75) is 33.1 Å². The Hall–Kier alpha value is -1.56. The van der Waals surface area contributed by atoms with Crippen LogP contribution in [0.1, 0.15) is 33.3 Å². The fourth-order valence-corrected chi connectivity index (χ4v) is 1.21. The summed E-state index contributed by atoms with van der Waals surface area (Å²) in [6.07, 6.45) is 8.82. The molecular weight excluding hydrogens is 174 g/mol. The maximum atomic E-state index is 5.31. The molecule has 74 valence electrons. The predicted octanol–water partition coefficient (Wildman–Crippen LogP) is 2.34. The monoisotopic (exact) mass is 189 g/mol. The second kappa shape index (κ2) is 3.67. The standard InChI is InChI=1S/C11H15N3/c1-6-12-10-9(11(3,4)5)8-13-14(10)7-2/h2,6,8H,1,3-5H3. The van der Waals surface area contributed by atoms with Crippen LogP contribution >= 0.6 is 0 Å². The molecule has 0 unspecified atom stereocenters. The SMILES string of the molecule is C#Cn1ncc(C(C)(C)C)c1N=CC. The topological polar surface area (TPSA) is 30.2 Å². The number of aliphatic imine (C=N–C) groups is 1. The van der Waals surface area contributed by atoms with Gasteiger partial charge in [-0.05, 0) is 12.3 Å². The molecule has 0 saturated heterocycles. The number of hydrogen-bond donors (Lipinski definition) is 0. The van der Waals surface area contributed by atoms with Crippen molar-refractivity contribution in [2.75, 3.05) is 0 Å². The third-order valence-electron chi connectivity index (χ3n) is 1.93. The Morgan fingerprint density at radius 1 is 1.57 bits per heavy atom. The molecule has 0 amide bonds. The van der Waals surface area contributed by atoms with E-state index in [0.29, 0.717) is 0 Å². The minimum Gasteiger partial charge on any atom is -0.241 e. The number of rotatable bonds is 1. The molecule has 0 N–H and O–H groups in total. The first-order chi connectivity index (χ1) is 6.50. The number of aromatic nitrogens is 2. The molecule has 0 radical (unpaired) electrons. The van der Waals surface area contributed by atoms with Crippen molar-refractivity contribution < 1.29 is 0 Å². The van der Waals surface area contributed by atoms with Crippen molar-refractivity contribution in [1.82, 2.24) is 9.78 Å². The highest BCUT2D eigenvalue weighted by Gasteiger charge is 2.21. The zero-order valence-corrected chi connectivity index (χ0v) is 9.07. The van der Waals surface area contributed by atoms with Crippen LogP contribution < -0.4 is 0 Å². The van der Waals surface area contributed by atoms with E-state index < -0.39 is 0 Å². The van der Waals surface area contributed by atoms with Gasteiger partial charge in [0.25, 0.3) is 0 Å². The maximum Gasteiger partial charge on any atom is 0.168 e. The zero-order chi connectivity index (χ0) is 10.8. The van der Waals surface area contributed by atoms with Crippen LogP contribution in [0.25, 0.3) is 0 Å². The molecule has 0 atom stereocenters. The van der Waals surface area contributed by atoms with Gasteiger partial charge in [-0.1, -0.05) is 27.2 Å². The molecule has 0 fully saturated rings. The van der Waals surface area contributed by atoms with E-state index >= 15 is 0 Å². The second-order valence-corrected chi connectivity index (χ2v) is 4.06. The minimum atomic E-state index is 0.0109. The second-order valence-electron chi connectivity index (χ2n) is 4.06. The Morgan fingerprint density at radius 2 is 2.21 bits per heavy atom. The molecule has 0 bridgehead atoms. The highest BCUT2D eigenvalue weighted by molar-refractivity contribution is 5.61. The molecular formula is C11H15N3. The lowest BCUT2D eigenvalue weighted by Gasteiger charge is -2.16. The van der Waals surface area contributed by atoms with Crippen LogP contribution in [-0.2, 0) is 5.41 Å². The summed E-state index contributed by atoms with van der Waals surface area (Å²) in [6.45, 7) is 8.19. The van der Waals surface area contributed by atoms with Crippen molar-refractivity contribution in [2.24, 2.45) is 4.99 Å². The van der Waals surface area contributed by atoms with Gasteiger partial charge >= 0.3 is 0 Å². The van der Waals surface area contributed by atoms with Crippen LogP contribution in [0.3, 0.4) is 0 Å². The van der Waals surface area contributed by atoms with Gasteiger partial charge in [-0.25, -0.2) is 4.99 Å². The van der Waals surface area contributed by atoms with Gasteiger partial charge < -0.3 is 0 Å². The van der Waals surface area contributed by atoms with Crippen molar-refractivity contribution in [1.29, 1.82) is 0 Å². The van der Waals surface area contributed by atoms with Gasteiger partial charge in [-0.3, -0.25) is 0 Å². The highest BCUT2D eigenvalue weighted by atomic mass is 15.3. The first kappa shape index (κ1) is 10.5. The lowest BCUT2D eigenvalue weighted by Crippen LogP contribution is -2.10. The normalized spacial score (nSPS) is 11.9. The molecule has 1 aromatic heterocycles. The van der Waals surface area contributed by atoms with Crippen LogP contribution in [0.4, 0.5) is 5.82 Å². The predicted molar refractivity (Wildman–Crippen MR) is 59.0 cm³/mol. The van der Waals surface area contributed by atoms with Crippen LogP contribution in [0.15, 0.2) is 11.2 Å². The summed E-state index contributed by atoms with van der Waals surface area (Å²) in [5, 5.41) is 4.09. The minimum absolute atomic E-state index is 0.0109. The molecule has 3 heteroatoms. The van der Waals surface area contributed by atoms with E-state index in [1.807, 2.05) is 6.92 Å². The van der Waals surface area contributed by atoms with Crippen molar-refractivity contribution >= 4 is 12.0 Å². The average Bonchev–Trinajstić information content (AvgIpc) is 2.47. The van der Waals surface area contributed by atoms with E-state index in [0.717, 1.165) is 11.4 Å². The van der Waals surface area contributed by atoms with Gasteiger partial charge in [-0.15, -0.1) is 0 Å². The fourth-order valence-electron chi connectivity index (χ4n) is 1.21. The quantitative estimate of drug-likeness (QED) is 0.492. The van der Waals surface area contributed by atoms with E-state index in [1.165, 1.54) is 4.68 Å². The summed E-state index contributed by atoms with van der Waals surface area (Å²) in [6, 6.07) is 2.46. The number of hydrogen-bond acceptors (Lipinski definition) is 2. The Bertz CT molecular complexity index is 386. The van der Waals surface area contributed by atoms with E-state index in [2.05, 4.69) is 36.9 Å². The average molecular weight is 189 g/mol. The largest absolute Gasteiger partial charge is 0.241 e. The lowest BCUT2D eigenvalue weighted by molar-refractivity contribution is 0.591. The van der Waals surface area contributed by atoms with Gasteiger partial charge in [0.1, 0.15) is 0 Å². The Morgan fingerprint density at radius 3 is 2.64 bits per heavy atom. The fraction of sp³-hybridized carbons (Fsp3) is 0.455. The van der Waals surface area contributed by atoms with Crippen LogP contribution in [0, 0.1) is 12.5 Å². The van der Waals surface area contributed by atoms with Crippen LogP contribution in [-0.4, -0.2) is 16.0 Å². The summed E-state index contributed by atoms with van der Waals surface area (Å²) in [4.78, 5) is 4.24. The summed E-state index contributed by atoms with van der Waals surface area (Å²) in [5.74, 6) is 0.752. The molecule has 0 aliphatic rings. The molecule has 0 aliphatic heterocycles. The molecule has 0 aliphatic carbocycles. The molecule has 1 aromatic rings. The van der Waals surface area contributed by atoms with Crippen molar-refractivity contribution in [3.8, 4) is 12.5 Å². The highest BCUT2D eigenvalue weighted by Crippen LogP contribution is 2.30. The molecule has 0 aromatic carbocycles. The Balaban J connectivity index is 3.33. The van der Waals surface area contributed by atoms with Gasteiger partial charge in [-0.2, -0.15) is 9.78 Å². The molecule has 14 heavy (non-hydrogen) atoms. The Labute approximate surface area is 84.9 Å². The van der Waals surface area contributed by atoms with Crippen molar-refractivity contribution in [3.05, 3.63) is 11.8 Å². The number of nitrogens with zero attached hydrogens (tertiary/aromatic N) is 3. The molecule has 0 saturated carbocycles. The van der Waals surface area contributed by atoms with E-state index in [-0.39, 0.29) is 5.41 Å². The van der Waals surface area contributed by atoms with Crippen molar-refractivity contribution in [3.63, 3.8) is 0 Å². The molecule has 1 rings (SSSR count). The van der Waals surface area contributed by atoms with E-state index in [4.69, 9.17) is 6.42 Å². The molecule has 3 nitrogen and oxygen atoms in total. The summed E-state index contributed by atoms with van der Waals surface area (Å²) < 4.78 is 1.46. The lowest BCUT2D eigenvalue weighted by atomic mass is 9.89. The van der Waals surface area contributed by atoms with E-state index in [1.54, 1.807) is 12.4 Å². The molecule has 1 heterocycles. The maximum absolute atomic E-state index is 5.31. The van der Waals surface area contributed by atoms with Crippen LogP contribution in [0.5, 0.6) is 0 Å². The first-order valence-corrected chi connectivity index (χ1v) is 4.54. The molecule has 0 spiro atoms. The summed E-state index contributed by atoms with van der Waals surface area (Å²) in [7, 11) is 0.